The Labute approximate surface area is 291 Å². The Hall–Kier alpha value is -2.87. The van der Waals surface area contributed by atoms with Gasteiger partial charge in [-0.1, -0.05) is 63.2 Å². The molecule has 0 nitrogen and oxygen atoms in total. The van der Waals surface area contributed by atoms with Gasteiger partial charge in [0.1, 0.15) is 0 Å². The zero-order valence-corrected chi connectivity index (χ0v) is 33.7. The molecule has 0 bridgehead atoms. The Morgan fingerprint density at radius 1 is 0.378 bits per heavy atom. The summed E-state index contributed by atoms with van der Waals surface area (Å²) in [6.07, 6.45) is 0. The molecule has 0 atom stereocenters. The molecular formula is C42H44SiSn2. The molecule has 6 aromatic carbocycles. The van der Waals surface area contributed by atoms with Crippen molar-refractivity contribution in [3.8, 4) is 0 Å². The molecule has 45 heavy (non-hydrogen) atoms. The third-order valence-electron chi connectivity index (χ3n) is 7.37. The Kier molecular flexibility index (Phi) is 15.2. The van der Waals surface area contributed by atoms with Crippen LogP contribution in [0, 0.1) is 0 Å². The van der Waals surface area contributed by atoms with Crippen LogP contribution in [0.5, 0.6) is 0 Å². The van der Waals surface area contributed by atoms with Crippen molar-refractivity contribution in [2.24, 2.45) is 0 Å². The standard InChI is InChI=1S/C12H19Si.5C6H5.2Sn/c1-10(2)13(11(3)4)12-8-6-5-7-9-12;5*1-2-4-6-5-3-1;;/h5-11H,1-4H3;5*1-5H;;. The molecule has 6 rings (SSSR count). The second kappa shape index (κ2) is 19.6. The van der Waals surface area contributed by atoms with Gasteiger partial charge < -0.3 is 0 Å². The molecule has 0 spiro atoms. The average molecular weight is 814 g/mol. The minimum absolute atomic E-state index is 0.356. The van der Waals surface area contributed by atoms with Crippen molar-refractivity contribution in [3.05, 3.63) is 182 Å². The molecule has 4 radical (unpaired) electrons. The summed E-state index contributed by atoms with van der Waals surface area (Å²) in [5.74, 6) is 0. The number of hydrogen-bond acceptors (Lipinski definition) is 0. The molecule has 0 fully saturated rings. The van der Waals surface area contributed by atoms with Crippen LogP contribution in [0.15, 0.2) is 182 Å². The molecule has 0 aliphatic rings. The second-order valence-electron chi connectivity index (χ2n) is 11.5. The van der Waals surface area contributed by atoms with Crippen molar-refractivity contribution in [1.82, 2.24) is 0 Å². The van der Waals surface area contributed by atoms with Crippen molar-refractivity contribution >= 4 is 72.8 Å². The molecule has 0 aliphatic heterocycles. The van der Waals surface area contributed by atoms with E-state index in [1.54, 1.807) is 5.19 Å². The summed E-state index contributed by atoms with van der Waals surface area (Å²) in [7, 11) is -0.356. The maximum atomic E-state index is 2.35. The summed E-state index contributed by atoms with van der Waals surface area (Å²) in [5.41, 5.74) is 1.65. The summed E-state index contributed by atoms with van der Waals surface area (Å²) in [5, 5.41) is 1.58. The van der Waals surface area contributed by atoms with Gasteiger partial charge in [0.2, 0.25) is 0 Å². The Bertz CT molecular complexity index is 1450. The second-order valence-corrected chi connectivity index (χ2v) is 26.4. The maximum absolute atomic E-state index is 2.35. The summed E-state index contributed by atoms with van der Waals surface area (Å²) < 4.78 is 7.67. The first-order valence-corrected chi connectivity index (χ1v) is 24.6. The van der Waals surface area contributed by atoms with E-state index in [1.165, 1.54) is 17.9 Å². The van der Waals surface area contributed by atoms with Crippen LogP contribution in [0.25, 0.3) is 0 Å². The Balaban J connectivity index is 0.000000159. The topological polar surface area (TPSA) is 0 Å². The van der Waals surface area contributed by atoms with E-state index in [2.05, 4.69) is 210 Å². The van der Waals surface area contributed by atoms with Gasteiger partial charge in [-0.2, -0.15) is 0 Å². The van der Waals surface area contributed by atoms with Gasteiger partial charge in [0.05, 0.1) is 8.80 Å². The average Bonchev–Trinajstić information content (AvgIpc) is 3.08. The van der Waals surface area contributed by atoms with Crippen LogP contribution in [-0.2, 0) is 0 Å². The van der Waals surface area contributed by atoms with Gasteiger partial charge >= 0.3 is 210 Å². The quantitative estimate of drug-likeness (QED) is 0.149. The SMILES string of the molecule is CC(C)[Si](c1ccccc1)C(C)C.c1cc[c]([Sn]([c]2ccccc2)[c]2ccccc2)cc1.c1cc[c]([Sn][c]2ccccc2)cc1. The molecular weight excluding hydrogens is 770 g/mol. The van der Waals surface area contributed by atoms with Crippen molar-refractivity contribution in [2.45, 2.75) is 38.8 Å². The predicted octanol–water partition coefficient (Wildman–Crippen LogP) is 6.75. The molecule has 0 aliphatic carbocycles. The molecule has 0 unspecified atom stereocenters. The van der Waals surface area contributed by atoms with Crippen LogP contribution in [0.2, 0.25) is 11.1 Å². The van der Waals surface area contributed by atoms with Gasteiger partial charge in [-0.3, -0.25) is 0 Å². The zero-order chi connectivity index (χ0) is 31.7. The zero-order valence-electron chi connectivity index (χ0n) is 27.0. The van der Waals surface area contributed by atoms with Crippen molar-refractivity contribution in [3.63, 3.8) is 0 Å². The Morgan fingerprint density at radius 2 is 0.644 bits per heavy atom. The van der Waals surface area contributed by atoms with E-state index in [0.717, 1.165) is 11.1 Å². The van der Waals surface area contributed by atoms with E-state index in [0.29, 0.717) is 0 Å². The monoisotopic (exact) mass is 816 g/mol. The van der Waals surface area contributed by atoms with Gasteiger partial charge in [0, 0.05) is 0 Å². The molecule has 6 aromatic rings. The molecule has 0 saturated carbocycles. The van der Waals surface area contributed by atoms with E-state index in [4.69, 9.17) is 0 Å². The minimum atomic E-state index is -1.98. The van der Waals surface area contributed by atoms with Gasteiger partial charge in [0.15, 0.2) is 0 Å². The van der Waals surface area contributed by atoms with Crippen molar-refractivity contribution in [2.75, 3.05) is 0 Å². The first-order chi connectivity index (χ1) is 22.0. The molecule has 224 valence electrons. The van der Waals surface area contributed by atoms with E-state index in [1.807, 2.05) is 0 Å². The van der Waals surface area contributed by atoms with E-state index < -0.39 is 40.9 Å². The third-order valence-corrected chi connectivity index (χ3v) is 22.2. The summed E-state index contributed by atoms with van der Waals surface area (Å²) >= 11 is -2.50. The fourth-order valence-electron chi connectivity index (χ4n) is 5.49. The van der Waals surface area contributed by atoms with Crippen molar-refractivity contribution < 1.29 is 0 Å². The first kappa shape index (κ1) is 35.0. The van der Waals surface area contributed by atoms with Crippen LogP contribution in [0.1, 0.15) is 27.7 Å². The molecule has 0 N–H and O–H groups in total. The van der Waals surface area contributed by atoms with Gasteiger partial charge in [-0.05, 0) is 11.1 Å². The van der Waals surface area contributed by atoms with Gasteiger partial charge in [0.25, 0.3) is 0 Å². The summed E-state index contributed by atoms with van der Waals surface area (Å²) in [4.78, 5) is 0. The number of benzene rings is 6. The fourth-order valence-corrected chi connectivity index (χ4v) is 19.1. The van der Waals surface area contributed by atoms with Gasteiger partial charge in [-0.25, -0.2) is 0 Å². The summed E-state index contributed by atoms with van der Waals surface area (Å²) in [6.45, 7) is 9.39. The normalized spacial score (nSPS) is 10.7. The van der Waals surface area contributed by atoms with Gasteiger partial charge in [-0.15, -0.1) is 0 Å². The molecule has 0 heterocycles. The van der Waals surface area contributed by atoms with E-state index >= 15 is 0 Å². The molecule has 3 heteroatoms. The van der Waals surface area contributed by atoms with Crippen LogP contribution in [-0.4, -0.2) is 49.7 Å². The van der Waals surface area contributed by atoms with E-state index in [-0.39, 0.29) is 8.80 Å². The predicted molar refractivity (Wildman–Crippen MR) is 204 cm³/mol. The van der Waals surface area contributed by atoms with Crippen LogP contribution < -0.4 is 23.1 Å². The van der Waals surface area contributed by atoms with E-state index in [9.17, 15) is 0 Å². The van der Waals surface area contributed by atoms with Crippen LogP contribution in [0.4, 0.5) is 0 Å². The van der Waals surface area contributed by atoms with Crippen molar-refractivity contribution in [1.29, 1.82) is 0 Å². The molecule has 0 saturated heterocycles. The van der Waals surface area contributed by atoms with Crippen LogP contribution >= 0.6 is 0 Å². The number of hydrogen-bond donors (Lipinski definition) is 0. The molecule has 0 amide bonds. The third kappa shape index (κ3) is 11.8. The fraction of sp³-hybridized carbons (Fsp3) is 0.143. The molecule has 0 aromatic heterocycles. The first-order valence-electron chi connectivity index (χ1n) is 15.9. The summed E-state index contributed by atoms with van der Waals surface area (Å²) in [6, 6.07) is 65.5. The van der Waals surface area contributed by atoms with Crippen LogP contribution in [0.3, 0.4) is 0 Å². The Morgan fingerprint density at radius 3 is 0.933 bits per heavy atom. The number of rotatable bonds is 8.